The minimum absolute atomic E-state index is 0.0593. The lowest BCUT2D eigenvalue weighted by atomic mass is 10.1. The van der Waals surface area contributed by atoms with Gasteiger partial charge < -0.3 is 19.1 Å². The molecule has 0 bridgehead atoms. The summed E-state index contributed by atoms with van der Waals surface area (Å²) in [5.41, 5.74) is 3.94. The van der Waals surface area contributed by atoms with Crippen molar-refractivity contribution in [1.82, 2.24) is 9.88 Å². The summed E-state index contributed by atoms with van der Waals surface area (Å²) >= 11 is 0. The predicted octanol–water partition coefficient (Wildman–Crippen LogP) is 3.58. The zero-order valence-electron chi connectivity index (χ0n) is 15.8. The monoisotopic (exact) mass is 376 g/mol. The third kappa shape index (κ3) is 2.91. The van der Waals surface area contributed by atoms with Gasteiger partial charge in [-0.05, 0) is 49.7 Å². The van der Waals surface area contributed by atoms with Crippen molar-refractivity contribution in [1.29, 1.82) is 0 Å². The van der Waals surface area contributed by atoms with Gasteiger partial charge in [0, 0.05) is 17.5 Å². The molecule has 0 unspecified atom stereocenters. The largest absolute Gasteiger partial charge is 0.464 e. The van der Waals surface area contributed by atoms with Crippen LogP contribution in [-0.2, 0) is 17.9 Å². The molecule has 3 heterocycles. The predicted molar refractivity (Wildman–Crippen MR) is 103 cm³/mol. The minimum Gasteiger partial charge on any atom is -0.464 e. The molecule has 0 fully saturated rings. The average molecular weight is 376 g/mol. The molecule has 0 saturated heterocycles. The Hall–Kier alpha value is -3.28. The van der Waals surface area contributed by atoms with Crippen LogP contribution in [0.3, 0.4) is 0 Å². The van der Waals surface area contributed by atoms with E-state index in [2.05, 4.69) is 24.0 Å². The van der Waals surface area contributed by atoms with E-state index in [1.165, 1.54) is 5.56 Å². The number of hydrogen-bond acceptors (Lipinski definition) is 5. The molecule has 2 aliphatic rings. The van der Waals surface area contributed by atoms with Crippen LogP contribution in [0.25, 0.3) is 10.9 Å². The summed E-state index contributed by atoms with van der Waals surface area (Å²) in [6.45, 7) is 4.97. The van der Waals surface area contributed by atoms with Crippen LogP contribution in [0.1, 0.15) is 23.6 Å². The molecule has 142 valence electrons. The van der Waals surface area contributed by atoms with Crippen molar-refractivity contribution in [2.24, 2.45) is 0 Å². The molecule has 0 spiro atoms. The number of aryl methyl sites for hydroxylation is 1. The van der Waals surface area contributed by atoms with Crippen molar-refractivity contribution in [2.75, 3.05) is 6.79 Å². The van der Waals surface area contributed by atoms with Crippen molar-refractivity contribution in [3.05, 3.63) is 59.2 Å². The van der Waals surface area contributed by atoms with Gasteiger partial charge in [-0.3, -0.25) is 4.79 Å². The summed E-state index contributed by atoms with van der Waals surface area (Å²) in [5, 5.41) is 1.05. The van der Waals surface area contributed by atoms with E-state index in [0.717, 1.165) is 27.8 Å². The fourth-order valence-corrected chi connectivity index (χ4v) is 3.69. The van der Waals surface area contributed by atoms with E-state index >= 15 is 0 Å². The van der Waals surface area contributed by atoms with Crippen LogP contribution in [-0.4, -0.2) is 28.7 Å². The molecule has 1 aromatic heterocycles. The lowest BCUT2D eigenvalue weighted by Gasteiger charge is -2.22. The van der Waals surface area contributed by atoms with Gasteiger partial charge in [0.2, 0.25) is 12.7 Å². The maximum atomic E-state index is 12.9. The zero-order valence-corrected chi connectivity index (χ0v) is 15.8. The Kier molecular flexibility index (Phi) is 3.86. The first-order valence-electron chi connectivity index (χ1n) is 9.31. The van der Waals surface area contributed by atoms with E-state index in [4.69, 9.17) is 14.2 Å². The van der Waals surface area contributed by atoms with Gasteiger partial charge in [-0.25, -0.2) is 4.98 Å². The zero-order chi connectivity index (χ0) is 19.3. The lowest BCUT2D eigenvalue weighted by molar-refractivity contribution is -0.138. The molecule has 2 aromatic carbocycles. The van der Waals surface area contributed by atoms with Crippen molar-refractivity contribution in [3.8, 4) is 17.4 Å². The number of benzene rings is 2. The van der Waals surface area contributed by atoms with Crippen LogP contribution in [0, 0.1) is 6.92 Å². The van der Waals surface area contributed by atoms with E-state index < -0.39 is 6.10 Å². The van der Waals surface area contributed by atoms with Gasteiger partial charge in [-0.2, -0.15) is 0 Å². The van der Waals surface area contributed by atoms with Gasteiger partial charge in [0.05, 0.1) is 12.1 Å². The van der Waals surface area contributed by atoms with E-state index in [9.17, 15) is 4.79 Å². The molecule has 1 amide bonds. The first-order chi connectivity index (χ1) is 13.6. The van der Waals surface area contributed by atoms with Crippen LogP contribution >= 0.6 is 0 Å². The summed E-state index contributed by atoms with van der Waals surface area (Å²) in [7, 11) is 0. The first kappa shape index (κ1) is 16.9. The number of ether oxygens (including phenoxy) is 3. The molecule has 6 heteroatoms. The molecular weight excluding hydrogens is 356 g/mol. The smallest absolute Gasteiger partial charge is 0.264 e. The number of fused-ring (bicyclic) bond motifs is 3. The number of carbonyl (C=O) groups excluding carboxylic acids is 1. The van der Waals surface area contributed by atoms with Crippen LogP contribution in [0.4, 0.5) is 0 Å². The van der Waals surface area contributed by atoms with E-state index in [-0.39, 0.29) is 12.7 Å². The Labute approximate surface area is 162 Å². The molecule has 1 atom stereocenters. The Balaban J connectivity index is 1.50. The Morgan fingerprint density at radius 1 is 1.11 bits per heavy atom. The molecule has 2 aliphatic heterocycles. The van der Waals surface area contributed by atoms with E-state index in [1.807, 2.05) is 30.3 Å². The molecule has 28 heavy (non-hydrogen) atoms. The van der Waals surface area contributed by atoms with Gasteiger partial charge in [0.15, 0.2) is 17.6 Å². The average Bonchev–Trinajstić information content (AvgIpc) is 3.11. The second-order valence-electron chi connectivity index (χ2n) is 7.29. The second-order valence-corrected chi connectivity index (χ2v) is 7.29. The summed E-state index contributed by atoms with van der Waals surface area (Å²) in [6, 6.07) is 13.9. The number of carbonyl (C=O) groups is 1. The van der Waals surface area contributed by atoms with Crippen LogP contribution in [0.15, 0.2) is 42.5 Å². The second kappa shape index (κ2) is 6.41. The van der Waals surface area contributed by atoms with E-state index in [0.29, 0.717) is 24.7 Å². The summed E-state index contributed by atoms with van der Waals surface area (Å²) < 4.78 is 16.7. The van der Waals surface area contributed by atoms with Gasteiger partial charge in [-0.15, -0.1) is 0 Å². The number of hydrogen-bond donors (Lipinski definition) is 0. The number of aromatic nitrogens is 1. The highest BCUT2D eigenvalue weighted by atomic mass is 16.7. The molecular formula is C22H20N2O4. The standard InChI is InChI=1S/C22H20N2O4/c1-13-3-5-18-16(7-13)9-17-11-24(22(25)14(2)28-21(17)23-18)10-15-4-6-19-20(8-15)27-12-26-19/h3-9,14H,10-12H2,1-2H3/t14-/m0/s1. The third-order valence-corrected chi connectivity index (χ3v) is 5.13. The number of amides is 1. The number of pyridine rings is 1. The summed E-state index contributed by atoms with van der Waals surface area (Å²) in [5.74, 6) is 1.92. The van der Waals surface area contributed by atoms with Crippen molar-refractivity contribution in [3.63, 3.8) is 0 Å². The highest BCUT2D eigenvalue weighted by Crippen LogP contribution is 2.34. The van der Waals surface area contributed by atoms with Gasteiger partial charge >= 0.3 is 0 Å². The topological polar surface area (TPSA) is 60.9 Å². The SMILES string of the molecule is Cc1ccc2nc3c(cc2c1)CN(Cc1ccc2c(c1)OCO2)C(=O)[C@H](C)O3. The highest BCUT2D eigenvalue weighted by Gasteiger charge is 2.29. The van der Waals surface area contributed by atoms with E-state index in [1.54, 1.807) is 11.8 Å². The van der Waals surface area contributed by atoms with Gasteiger partial charge in [0.25, 0.3) is 5.91 Å². The normalized spacial score (nSPS) is 18.0. The molecule has 0 N–H and O–H groups in total. The Bertz CT molecular complexity index is 1100. The maximum absolute atomic E-state index is 12.9. The molecule has 6 nitrogen and oxygen atoms in total. The molecule has 0 aliphatic carbocycles. The van der Waals surface area contributed by atoms with Crippen LogP contribution in [0.2, 0.25) is 0 Å². The van der Waals surface area contributed by atoms with Gasteiger partial charge in [0.1, 0.15) is 0 Å². The molecule has 5 rings (SSSR count). The van der Waals surface area contributed by atoms with Crippen molar-refractivity contribution in [2.45, 2.75) is 33.0 Å². The van der Waals surface area contributed by atoms with Crippen molar-refractivity contribution >= 4 is 16.8 Å². The lowest BCUT2D eigenvalue weighted by Crippen LogP contribution is -2.37. The Morgan fingerprint density at radius 2 is 1.96 bits per heavy atom. The number of rotatable bonds is 2. The van der Waals surface area contributed by atoms with Crippen molar-refractivity contribution < 1.29 is 19.0 Å². The number of nitrogens with zero attached hydrogens (tertiary/aromatic N) is 2. The molecule has 3 aromatic rings. The summed E-state index contributed by atoms with van der Waals surface area (Å²) in [6.07, 6.45) is -0.592. The highest BCUT2D eigenvalue weighted by molar-refractivity contribution is 5.84. The first-order valence-corrected chi connectivity index (χ1v) is 9.31. The van der Waals surface area contributed by atoms with Crippen LogP contribution < -0.4 is 14.2 Å². The maximum Gasteiger partial charge on any atom is 0.264 e. The quantitative estimate of drug-likeness (QED) is 0.684. The molecule has 0 radical (unpaired) electrons. The fraction of sp³-hybridized carbons (Fsp3) is 0.273. The van der Waals surface area contributed by atoms with Gasteiger partial charge in [-0.1, -0.05) is 17.7 Å². The summed E-state index contributed by atoms with van der Waals surface area (Å²) in [4.78, 5) is 19.4. The Morgan fingerprint density at radius 3 is 2.86 bits per heavy atom. The molecule has 0 saturated carbocycles. The minimum atomic E-state index is -0.592. The third-order valence-electron chi connectivity index (χ3n) is 5.13. The van der Waals surface area contributed by atoms with Crippen LogP contribution in [0.5, 0.6) is 17.4 Å². The fourth-order valence-electron chi connectivity index (χ4n) is 3.69.